The first kappa shape index (κ1) is 28.8. The number of carbonyl (C=O) groups is 1. The van der Waals surface area contributed by atoms with Gasteiger partial charge in [-0.25, -0.2) is 24.0 Å². The third kappa shape index (κ3) is 5.97. The predicted octanol–water partition coefficient (Wildman–Crippen LogP) is 5.08. The van der Waals surface area contributed by atoms with Crippen LogP contribution in [-0.2, 0) is 11.3 Å². The first-order valence-electron chi connectivity index (χ1n) is 14.1. The molecule has 2 N–H and O–H groups in total. The van der Waals surface area contributed by atoms with Crippen LogP contribution in [0.1, 0.15) is 55.9 Å². The Hall–Kier alpha value is -4.73. The minimum atomic E-state index is -0.508. The van der Waals surface area contributed by atoms with Gasteiger partial charge in [0.2, 0.25) is 5.91 Å². The van der Waals surface area contributed by atoms with Crippen molar-refractivity contribution in [3.63, 3.8) is 0 Å². The van der Waals surface area contributed by atoms with E-state index in [1.165, 1.54) is 10.7 Å². The van der Waals surface area contributed by atoms with E-state index >= 15 is 4.39 Å². The minimum absolute atomic E-state index is 0.146. The highest BCUT2D eigenvalue weighted by molar-refractivity contribution is 6.05. The highest BCUT2D eigenvalue weighted by Crippen LogP contribution is 2.35. The summed E-state index contributed by atoms with van der Waals surface area (Å²) in [4.78, 5) is 41.5. The van der Waals surface area contributed by atoms with Crippen LogP contribution in [0.15, 0.2) is 58.0 Å². The van der Waals surface area contributed by atoms with Crippen LogP contribution in [0.3, 0.4) is 0 Å². The van der Waals surface area contributed by atoms with Crippen molar-refractivity contribution >= 4 is 34.3 Å². The molecule has 1 aliphatic rings. The minimum Gasteiger partial charge on any atom is -0.387 e. The Morgan fingerprint density at radius 2 is 1.74 bits per heavy atom. The van der Waals surface area contributed by atoms with E-state index in [2.05, 4.69) is 20.1 Å². The molecule has 0 fully saturated rings. The summed E-state index contributed by atoms with van der Waals surface area (Å²) in [7, 11) is 0. The molecule has 0 unspecified atom stereocenters. The summed E-state index contributed by atoms with van der Waals surface area (Å²) in [6.45, 7) is 9.19. The molecule has 3 heterocycles. The van der Waals surface area contributed by atoms with Gasteiger partial charge in [0.15, 0.2) is 0 Å². The zero-order valence-corrected chi connectivity index (χ0v) is 24.3. The van der Waals surface area contributed by atoms with Crippen LogP contribution in [0.2, 0.25) is 0 Å². The SMILES string of the molecule is CCCN(CCC)C(=O)C1=Cc2c(F)cc(-c3ccc4c(=O)n(Cc5nc(C)cc(C)n5)ncc4c3)cc2N=C(N)C1. The molecule has 0 saturated heterocycles. The number of nitrogens with zero attached hydrogens (tertiary/aromatic N) is 6. The third-order valence-corrected chi connectivity index (χ3v) is 7.12. The molecule has 0 atom stereocenters. The van der Waals surface area contributed by atoms with Crippen LogP contribution in [0.5, 0.6) is 0 Å². The van der Waals surface area contributed by atoms with Gasteiger partial charge in [0.25, 0.3) is 5.56 Å². The summed E-state index contributed by atoms with van der Waals surface area (Å²) in [6.07, 6.45) is 4.98. The van der Waals surface area contributed by atoms with Crippen molar-refractivity contribution in [2.45, 2.75) is 53.5 Å². The van der Waals surface area contributed by atoms with Crippen LogP contribution in [0.25, 0.3) is 28.0 Å². The van der Waals surface area contributed by atoms with E-state index < -0.39 is 5.82 Å². The lowest BCUT2D eigenvalue weighted by Crippen LogP contribution is -2.34. The molecule has 5 rings (SSSR count). The topological polar surface area (TPSA) is 119 Å². The molecule has 9 nitrogen and oxygen atoms in total. The van der Waals surface area contributed by atoms with E-state index in [1.54, 1.807) is 41.4 Å². The molecule has 0 bridgehead atoms. The highest BCUT2D eigenvalue weighted by Gasteiger charge is 2.23. The Morgan fingerprint density at radius 1 is 1.02 bits per heavy atom. The average Bonchev–Trinajstić information content (AvgIpc) is 3.12. The molecule has 216 valence electrons. The molecule has 1 amide bonds. The molecule has 2 aromatic carbocycles. The number of aryl methyl sites for hydroxylation is 2. The van der Waals surface area contributed by atoms with Crippen molar-refractivity contribution in [3.8, 4) is 11.1 Å². The van der Waals surface area contributed by atoms with Gasteiger partial charge in [0.1, 0.15) is 24.0 Å². The number of amides is 1. The first-order chi connectivity index (χ1) is 20.2. The van der Waals surface area contributed by atoms with Gasteiger partial charge in [-0.1, -0.05) is 19.9 Å². The standard InChI is InChI=1S/C32H34FN7O2/c1-5-9-39(10-6-2)31(41)23-13-26-27(33)14-22(15-28(26)38-29(34)16-23)21-7-8-25-24(12-21)17-35-40(32(25)42)18-30-36-19(3)11-20(4)37-30/h7-8,11-15,17H,5-6,9-10,16,18H2,1-4H3,(H2,34,38). The van der Waals surface area contributed by atoms with Gasteiger partial charge in [-0.15, -0.1) is 0 Å². The Balaban J connectivity index is 1.49. The highest BCUT2D eigenvalue weighted by atomic mass is 19.1. The number of aliphatic imine (C=N–C) groups is 1. The molecular formula is C32H34FN7O2. The Kier molecular flexibility index (Phi) is 8.24. The van der Waals surface area contributed by atoms with Crippen LogP contribution in [0, 0.1) is 19.7 Å². The Morgan fingerprint density at radius 3 is 2.43 bits per heavy atom. The number of benzene rings is 2. The summed E-state index contributed by atoms with van der Waals surface area (Å²) < 4.78 is 16.9. The van der Waals surface area contributed by atoms with Crippen molar-refractivity contribution in [1.82, 2.24) is 24.6 Å². The van der Waals surface area contributed by atoms with E-state index in [0.717, 1.165) is 24.2 Å². The number of carbonyl (C=O) groups excluding carboxylic acids is 1. The molecule has 1 aliphatic heterocycles. The normalized spacial score (nSPS) is 12.9. The third-order valence-electron chi connectivity index (χ3n) is 7.12. The first-order valence-corrected chi connectivity index (χ1v) is 14.1. The molecule has 0 aliphatic carbocycles. The lowest BCUT2D eigenvalue weighted by atomic mass is 9.98. The summed E-state index contributed by atoms with van der Waals surface area (Å²) in [6, 6.07) is 10.3. The lowest BCUT2D eigenvalue weighted by Gasteiger charge is -2.22. The lowest BCUT2D eigenvalue weighted by molar-refractivity contribution is -0.127. The number of nitrogens with two attached hydrogens (primary N) is 1. The zero-order chi connectivity index (χ0) is 30.0. The maximum Gasteiger partial charge on any atom is 0.275 e. The summed E-state index contributed by atoms with van der Waals surface area (Å²) in [5.74, 6) is 0.102. The largest absolute Gasteiger partial charge is 0.387 e. The molecule has 0 radical (unpaired) electrons. The van der Waals surface area contributed by atoms with Crippen molar-refractivity contribution in [2.24, 2.45) is 10.7 Å². The fourth-order valence-electron chi connectivity index (χ4n) is 5.30. The second kappa shape index (κ2) is 12.0. The average molecular weight is 568 g/mol. The smallest absolute Gasteiger partial charge is 0.275 e. The van der Waals surface area contributed by atoms with E-state index in [0.29, 0.717) is 52.1 Å². The molecule has 0 saturated carbocycles. The number of aromatic nitrogens is 4. The van der Waals surface area contributed by atoms with Crippen molar-refractivity contribution in [3.05, 3.63) is 87.1 Å². The van der Waals surface area contributed by atoms with Gasteiger partial charge in [-0.3, -0.25) is 9.59 Å². The zero-order valence-electron chi connectivity index (χ0n) is 24.3. The Labute approximate surface area is 243 Å². The van der Waals surface area contributed by atoms with Gasteiger partial charge in [-0.2, -0.15) is 5.10 Å². The van der Waals surface area contributed by atoms with E-state index in [1.807, 2.05) is 33.8 Å². The second-order valence-electron chi connectivity index (χ2n) is 10.6. The molecule has 42 heavy (non-hydrogen) atoms. The van der Waals surface area contributed by atoms with Crippen molar-refractivity contribution in [1.29, 1.82) is 0 Å². The number of rotatable bonds is 8. The summed E-state index contributed by atoms with van der Waals surface area (Å²) in [5.41, 5.74) is 9.84. The van der Waals surface area contributed by atoms with Gasteiger partial charge in [0, 0.05) is 47.4 Å². The molecule has 0 spiro atoms. The number of hydrogen-bond acceptors (Lipinski definition) is 7. The molecule has 4 aromatic rings. The van der Waals surface area contributed by atoms with Gasteiger partial charge >= 0.3 is 0 Å². The quantitative estimate of drug-likeness (QED) is 0.317. The maximum absolute atomic E-state index is 15.6. The maximum atomic E-state index is 15.6. The van der Waals surface area contributed by atoms with Gasteiger partial charge < -0.3 is 10.6 Å². The molecular weight excluding hydrogens is 533 g/mol. The van der Waals surface area contributed by atoms with Crippen LogP contribution >= 0.6 is 0 Å². The molecule has 10 heteroatoms. The van der Waals surface area contributed by atoms with Gasteiger partial charge in [0.05, 0.1) is 17.3 Å². The van der Waals surface area contributed by atoms with Crippen LogP contribution < -0.4 is 11.3 Å². The number of halogens is 1. The van der Waals surface area contributed by atoms with Crippen LogP contribution in [-0.4, -0.2) is 49.5 Å². The fourth-order valence-corrected chi connectivity index (χ4v) is 5.30. The molecule has 2 aromatic heterocycles. The fraction of sp³-hybridized carbons (Fsp3) is 0.312. The van der Waals surface area contributed by atoms with E-state index in [4.69, 9.17) is 5.73 Å². The summed E-state index contributed by atoms with van der Waals surface area (Å²) >= 11 is 0. The van der Waals surface area contributed by atoms with E-state index in [-0.39, 0.29) is 35.8 Å². The van der Waals surface area contributed by atoms with Gasteiger partial charge in [-0.05, 0) is 74.2 Å². The monoisotopic (exact) mass is 567 g/mol. The second-order valence-corrected chi connectivity index (χ2v) is 10.6. The van der Waals surface area contributed by atoms with Crippen LogP contribution in [0.4, 0.5) is 10.1 Å². The Bertz CT molecular complexity index is 1780. The van der Waals surface area contributed by atoms with Crippen molar-refractivity contribution in [2.75, 3.05) is 13.1 Å². The number of fused-ring (bicyclic) bond motifs is 2. The van der Waals surface area contributed by atoms with E-state index in [9.17, 15) is 9.59 Å². The number of amidine groups is 1. The summed E-state index contributed by atoms with van der Waals surface area (Å²) in [5, 5.41) is 5.44. The van der Waals surface area contributed by atoms with Crippen molar-refractivity contribution < 1.29 is 9.18 Å². The predicted molar refractivity (Wildman–Crippen MR) is 163 cm³/mol. The number of hydrogen-bond donors (Lipinski definition) is 1.